The molecular formula is C7H15N5. The number of aromatic nitrogens is 4. The van der Waals surface area contributed by atoms with Crippen molar-refractivity contribution in [3.8, 4) is 0 Å². The van der Waals surface area contributed by atoms with E-state index in [0.29, 0.717) is 0 Å². The fourth-order valence-electron chi connectivity index (χ4n) is 0.887. The molecule has 1 aromatic rings. The lowest BCUT2D eigenvalue weighted by Gasteiger charge is -2.25. The molecule has 1 rings (SSSR count). The molecule has 0 fully saturated rings. The summed E-state index contributed by atoms with van der Waals surface area (Å²) in [6.07, 6.45) is 0. The van der Waals surface area contributed by atoms with Crippen molar-refractivity contribution in [1.29, 1.82) is 0 Å². The molecule has 0 unspecified atom stereocenters. The Morgan fingerprint density at radius 2 is 2.00 bits per heavy atom. The van der Waals surface area contributed by atoms with Crippen molar-refractivity contribution in [3.63, 3.8) is 0 Å². The minimum absolute atomic E-state index is 0.0114. The Morgan fingerprint density at radius 1 is 1.42 bits per heavy atom. The molecule has 0 spiro atoms. The lowest BCUT2D eigenvalue weighted by Crippen LogP contribution is -2.29. The van der Waals surface area contributed by atoms with Gasteiger partial charge >= 0.3 is 0 Å². The topological polar surface area (TPSA) is 69.6 Å². The van der Waals surface area contributed by atoms with Crippen molar-refractivity contribution in [2.45, 2.75) is 26.8 Å². The van der Waals surface area contributed by atoms with Crippen molar-refractivity contribution in [3.05, 3.63) is 5.82 Å². The van der Waals surface area contributed by atoms with Gasteiger partial charge in [0.1, 0.15) is 0 Å². The van der Waals surface area contributed by atoms with Crippen LogP contribution in [0.1, 0.15) is 32.6 Å². The number of tetrazole rings is 1. The van der Waals surface area contributed by atoms with E-state index in [4.69, 9.17) is 5.73 Å². The van der Waals surface area contributed by atoms with Crippen molar-refractivity contribution in [1.82, 2.24) is 20.2 Å². The van der Waals surface area contributed by atoms with Crippen molar-refractivity contribution < 1.29 is 0 Å². The van der Waals surface area contributed by atoms with E-state index in [0.717, 1.165) is 5.82 Å². The second kappa shape index (κ2) is 2.82. The van der Waals surface area contributed by atoms with Gasteiger partial charge in [0, 0.05) is 7.05 Å². The van der Waals surface area contributed by atoms with Crippen LogP contribution in [0.2, 0.25) is 0 Å². The Bertz CT molecular complexity index is 259. The van der Waals surface area contributed by atoms with Crippen LogP contribution in [0.25, 0.3) is 0 Å². The molecule has 0 saturated carbocycles. The Hall–Kier alpha value is -0.970. The first-order valence-electron chi connectivity index (χ1n) is 3.91. The Morgan fingerprint density at radius 3 is 2.33 bits per heavy atom. The maximum Gasteiger partial charge on any atom is 0.168 e. The second-order valence-electron chi connectivity index (χ2n) is 4.00. The third-order valence-corrected chi connectivity index (χ3v) is 1.86. The van der Waals surface area contributed by atoms with Crippen LogP contribution in [0.3, 0.4) is 0 Å². The van der Waals surface area contributed by atoms with Crippen LogP contribution in [0.5, 0.6) is 0 Å². The van der Waals surface area contributed by atoms with Gasteiger partial charge in [-0.3, -0.25) is 0 Å². The standard InChI is InChI=1S/C7H15N5/c1-7(2,3)5(8)6-9-10-11-12(6)4/h5H,8H2,1-4H3/t5-/m1/s1. The highest BCUT2D eigenvalue weighted by Gasteiger charge is 2.26. The molecule has 1 heterocycles. The third kappa shape index (κ3) is 1.61. The highest BCUT2D eigenvalue weighted by molar-refractivity contribution is 4.95. The van der Waals surface area contributed by atoms with Gasteiger partial charge in [-0.15, -0.1) is 5.10 Å². The van der Waals surface area contributed by atoms with Crippen molar-refractivity contribution >= 4 is 0 Å². The van der Waals surface area contributed by atoms with Gasteiger partial charge in [0.25, 0.3) is 0 Å². The molecule has 68 valence electrons. The smallest absolute Gasteiger partial charge is 0.168 e. The van der Waals surface area contributed by atoms with E-state index in [2.05, 4.69) is 36.3 Å². The van der Waals surface area contributed by atoms with Crippen LogP contribution in [-0.2, 0) is 7.05 Å². The van der Waals surface area contributed by atoms with Gasteiger partial charge in [-0.05, 0) is 15.8 Å². The molecule has 0 bridgehead atoms. The number of hydrogen-bond acceptors (Lipinski definition) is 4. The van der Waals surface area contributed by atoms with Gasteiger partial charge in [-0.25, -0.2) is 4.68 Å². The Labute approximate surface area is 71.9 Å². The summed E-state index contributed by atoms with van der Waals surface area (Å²) in [4.78, 5) is 0. The average molecular weight is 169 g/mol. The first kappa shape index (κ1) is 9.12. The molecule has 0 aliphatic carbocycles. The zero-order valence-corrected chi connectivity index (χ0v) is 7.94. The maximum atomic E-state index is 5.95. The van der Waals surface area contributed by atoms with Crippen LogP contribution in [0.15, 0.2) is 0 Å². The molecule has 0 saturated heterocycles. The van der Waals surface area contributed by atoms with E-state index in [1.54, 1.807) is 11.7 Å². The number of nitrogens with two attached hydrogens (primary N) is 1. The van der Waals surface area contributed by atoms with E-state index >= 15 is 0 Å². The number of hydrogen-bond donors (Lipinski definition) is 1. The maximum absolute atomic E-state index is 5.95. The number of nitrogens with zero attached hydrogens (tertiary/aromatic N) is 4. The first-order valence-corrected chi connectivity index (χ1v) is 3.91. The zero-order chi connectivity index (χ0) is 9.35. The molecule has 1 aromatic heterocycles. The summed E-state index contributed by atoms with van der Waals surface area (Å²) in [5.74, 6) is 0.725. The highest BCUT2D eigenvalue weighted by Crippen LogP contribution is 2.28. The van der Waals surface area contributed by atoms with E-state index in [1.165, 1.54) is 0 Å². The zero-order valence-electron chi connectivity index (χ0n) is 7.94. The summed E-state index contributed by atoms with van der Waals surface area (Å²) in [5.41, 5.74) is 5.94. The van der Waals surface area contributed by atoms with E-state index in [9.17, 15) is 0 Å². The molecular weight excluding hydrogens is 154 g/mol. The molecule has 0 aromatic carbocycles. The predicted octanol–water partition coefficient (Wildman–Crippen LogP) is 0.256. The number of rotatable bonds is 1. The van der Waals surface area contributed by atoms with Crippen molar-refractivity contribution in [2.75, 3.05) is 0 Å². The molecule has 0 aliphatic heterocycles. The van der Waals surface area contributed by atoms with Crippen LogP contribution >= 0.6 is 0 Å². The molecule has 1 atom stereocenters. The van der Waals surface area contributed by atoms with Gasteiger partial charge in [-0.1, -0.05) is 20.8 Å². The fraction of sp³-hybridized carbons (Fsp3) is 0.857. The number of aryl methyl sites for hydroxylation is 1. The second-order valence-corrected chi connectivity index (χ2v) is 4.00. The normalized spacial score (nSPS) is 14.8. The quantitative estimate of drug-likeness (QED) is 0.654. The summed E-state index contributed by atoms with van der Waals surface area (Å²) < 4.78 is 1.61. The summed E-state index contributed by atoms with van der Waals surface area (Å²) in [7, 11) is 1.79. The minimum Gasteiger partial charge on any atom is -0.321 e. The largest absolute Gasteiger partial charge is 0.321 e. The summed E-state index contributed by atoms with van der Waals surface area (Å²) >= 11 is 0. The van der Waals surface area contributed by atoms with Gasteiger partial charge in [0.15, 0.2) is 5.82 Å². The van der Waals surface area contributed by atoms with E-state index in [1.807, 2.05) is 0 Å². The SMILES string of the molecule is Cn1nnnc1[C@@H](N)C(C)(C)C. The van der Waals surface area contributed by atoms with Crippen LogP contribution < -0.4 is 5.73 Å². The minimum atomic E-state index is -0.127. The summed E-state index contributed by atoms with van der Waals surface area (Å²) in [6.45, 7) is 6.19. The molecule has 0 aliphatic rings. The fourth-order valence-corrected chi connectivity index (χ4v) is 0.887. The molecule has 5 heteroatoms. The highest BCUT2D eigenvalue weighted by atomic mass is 15.5. The average Bonchev–Trinajstić information content (AvgIpc) is 2.31. The summed E-state index contributed by atoms with van der Waals surface area (Å²) in [6, 6.07) is -0.127. The van der Waals surface area contributed by atoms with Crippen molar-refractivity contribution in [2.24, 2.45) is 18.2 Å². The molecule has 2 N–H and O–H groups in total. The van der Waals surface area contributed by atoms with Crippen LogP contribution in [-0.4, -0.2) is 20.2 Å². The molecule has 12 heavy (non-hydrogen) atoms. The molecule has 5 nitrogen and oxygen atoms in total. The third-order valence-electron chi connectivity index (χ3n) is 1.86. The Balaban J connectivity index is 2.92. The predicted molar refractivity (Wildman–Crippen MR) is 45.2 cm³/mol. The summed E-state index contributed by atoms with van der Waals surface area (Å²) in [5, 5.41) is 11.1. The van der Waals surface area contributed by atoms with E-state index < -0.39 is 0 Å². The lowest BCUT2D eigenvalue weighted by molar-refractivity contribution is 0.308. The van der Waals surface area contributed by atoms with Gasteiger partial charge in [0.2, 0.25) is 0 Å². The first-order chi connectivity index (χ1) is 5.43. The molecule has 0 radical (unpaired) electrons. The monoisotopic (exact) mass is 169 g/mol. The van der Waals surface area contributed by atoms with Gasteiger partial charge in [-0.2, -0.15) is 0 Å². The van der Waals surface area contributed by atoms with E-state index in [-0.39, 0.29) is 11.5 Å². The van der Waals surface area contributed by atoms with Gasteiger partial charge < -0.3 is 5.73 Å². The van der Waals surface area contributed by atoms with Crippen LogP contribution in [0, 0.1) is 5.41 Å². The lowest BCUT2D eigenvalue weighted by atomic mass is 9.87. The van der Waals surface area contributed by atoms with Crippen LogP contribution in [0.4, 0.5) is 0 Å². The molecule has 0 amide bonds. The Kier molecular flexibility index (Phi) is 2.14. The van der Waals surface area contributed by atoms with Gasteiger partial charge in [0.05, 0.1) is 6.04 Å².